The molecule has 0 fully saturated rings. The van der Waals surface area contributed by atoms with Crippen LogP contribution in [-0.2, 0) is 4.57 Å². The maximum Gasteiger partial charge on any atom is 0.184 e. The highest BCUT2D eigenvalue weighted by Crippen LogP contribution is 2.10. The Hall–Kier alpha value is -0.940. The van der Waals surface area contributed by atoms with Gasteiger partial charge in [-0.15, -0.1) is 0 Å². The summed E-state index contributed by atoms with van der Waals surface area (Å²) in [6, 6.07) is 7.98. The molecule has 0 unspecified atom stereocenters. The summed E-state index contributed by atoms with van der Waals surface area (Å²) < 4.78 is 10.1. The van der Waals surface area contributed by atoms with Crippen LogP contribution in [0.5, 0.6) is 0 Å². The van der Waals surface area contributed by atoms with Gasteiger partial charge in [-0.3, -0.25) is 4.57 Å². The minimum atomic E-state index is 0.0619. The molecule has 1 aromatic rings. The van der Waals surface area contributed by atoms with Crippen LogP contribution in [0.15, 0.2) is 30.1 Å². The zero-order valence-electron chi connectivity index (χ0n) is 6.32. The van der Waals surface area contributed by atoms with Gasteiger partial charge in [-0.05, 0) is 24.1 Å². The summed E-state index contributed by atoms with van der Waals surface area (Å²) in [7, 11) is 0.0619. The van der Waals surface area contributed by atoms with Gasteiger partial charge in [0.1, 0.15) is 0 Å². The van der Waals surface area contributed by atoms with Crippen molar-refractivity contribution in [3.05, 3.63) is 41.2 Å². The van der Waals surface area contributed by atoms with Crippen molar-refractivity contribution in [2.75, 3.05) is 0 Å². The molecule has 0 aliphatic rings. The summed E-state index contributed by atoms with van der Waals surface area (Å²) in [5, 5.41) is 0. The Labute approximate surface area is 68.0 Å². The minimum Gasteiger partial charge on any atom is -0.270 e. The number of hydrogen-bond donors (Lipinski definition) is 0. The molecule has 0 amide bonds. The maximum absolute atomic E-state index is 10.1. The fourth-order valence-corrected chi connectivity index (χ4v) is 1.11. The third-order valence-corrected chi connectivity index (χ3v) is 1.77. The van der Waals surface area contributed by atoms with Crippen molar-refractivity contribution in [3.8, 4) is 0 Å². The molecule has 0 aliphatic carbocycles. The third kappa shape index (κ3) is 2.28. The molecule has 0 saturated heterocycles. The van der Waals surface area contributed by atoms with Crippen molar-refractivity contribution in [2.45, 2.75) is 6.92 Å². The molecule has 0 N–H and O–H groups in total. The van der Waals surface area contributed by atoms with Crippen LogP contribution < -0.4 is 0 Å². The summed E-state index contributed by atoms with van der Waals surface area (Å²) in [6.45, 7) is 2.03. The number of benzene rings is 1. The average Bonchev–Trinajstić information content (AvgIpc) is 2.03. The van der Waals surface area contributed by atoms with Crippen LogP contribution in [0.1, 0.15) is 11.1 Å². The van der Waals surface area contributed by atoms with E-state index in [0.717, 1.165) is 5.56 Å². The fourth-order valence-electron chi connectivity index (χ4n) is 0.885. The van der Waals surface area contributed by atoms with E-state index >= 15 is 0 Å². The number of rotatable bonds is 2. The van der Waals surface area contributed by atoms with Gasteiger partial charge in [-0.2, -0.15) is 0 Å². The van der Waals surface area contributed by atoms with E-state index in [-0.39, 0.29) is 8.46 Å². The number of aryl methyl sites for hydroxylation is 1. The zero-order valence-corrected chi connectivity index (χ0v) is 7.21. The molecule has 1 rings (SSSR count). The van der Waals surface area contributed by atoms with Crippen molar-refractivity contribution >= 4 is 14.5 Å². The summed E-state index contributed by atoms with van der Waals surface area (Å²) >= 11 is 0. The van der Waals surface area contributed by atoms with Gasteiger partial charge in [-0.25, -0.2) is 0 Å². The summed E-state index contributed by atoms with van der Waals surface area (Å²) in [5.41, 5.74) is 2.32. The Morgan fingerprint density at radius 1 is 1.36 bits per heavy atom. The molecule has 0 atom stereocenters. The zero-order chi connectivity index (χ0) is 8.10. The standard InChI is InChI=1S/C9H9OP/c1-8-4-2-3-5-9(8)6-7-11-10/h2-7H,1H3. The monoisotopic (exact) mass is 164 g/mol. The molecule has 0 heterocycles. The van der Waals surface area contributed by atoms with Crippen LogP contribution in [0.4, 0.5) is 0 Å². The van der Waals surface area contributed by atoms with E-state index in [9.17, 15) is 4.57 Å². The van der Waals surface area contributed by atoms with Gasteiger partial charge in [0.05, 0.1) is 0 Å². The lowest BCUT2D eigenvalue weighted by Crippen LogP contribution is -1.76. The van der Waals surface area contributed by atoms with Crippen molar-refractivity contribution < 1.29 is 4.57 Å². The normalized spacial score (nSPS) is 11.0. The second-order valence-electron chi connectivity index (χ2n) is 2.28. The Kier molecular flexibility index (Phi) is 3.00. The van der Waals surface area contributed by atoms with E-state index in [2.05, 4.69) is 0 Å². The molecule has 0 aliphatic heterocycles. The second kappa shape index (κ2) is 4.05. The molecule has 0 saturated carbocycles. The Morgan fingerprint density at radius 2 is 2.09 bits per heavy atom. The molecule has 0 bridgehead atoms. The smallest absolute Gasteiger partial charge is 0.184 e. The lowest BCUT2D eigenvalue weighted by atomic mass is 10.1. The molecule has 0 aromatic heterocycles. The van der Waals surface area contributed by atoms with Crippen molar-refractivity contribution in [3.63, 3.8) is 0 Å². The van der Waals surface area contributed by atoms with Gasteiger partial charge in [0.15, 0.2) is 8.46 Å². The Morgan fingerprint density at radius 3 is 2.73 bits per heavy atom. The first-order chi connectivity index (χ1) is 5.34. The Balaban J connectivity index is 2.94. The van der Waals surface area contributed by atoms with Gasteiger partial charge in [0.2, 0.25) is 0 Å². The minimum absolute atomic E-state index is 0.0619. The second-order valence-corrected chi connectivity index (χ2v) is 2.79. The predicted octanol–water partition coefficient (Wildman–Crippen LogP) is 3.26. The molecule has 1 nitrogen and oxygen atoms in total. The molecule has 2 heteroatoms. The van der Waals surface area contributed by atoms with Gasteiger partial charge in [-0.1, -0.05) is 24.3 Å². The fraction of sp³-hybridized carbons (Fsp3) is 0.111. The molecule has 0 radical (unpaired) electrons. The van der Waals surface area contributed by atoms with E-state index in [0.29, 0.717) is 0 Å². The van der Waals surface area contributed by atoms with Crippen LogP contribution in [0.25, 0.3) is 6.08 Å². The average molecular weight is 164 g/mol. The molecule has 56 valence electrons. The van der Waals surface area contributed by atoms with Crippen LogP contribution in [-0.4, -0.2) is 0 Å². The highest BCUT2D eigenvalue weighted by molar-refractivity contribution is 7.28. The largest absolute Gasteiger partial charge is 0.270 e. The first-order valence-corrected chi connectivity index (χ1v) is 4.27. The van der Waals surface area contributed by atoms with Gasteiger partial charge in [0.25, 0.3) is 0 Å². The molecule has 0 spiro atoms. The molecular formula is C9H9OP. The summed E-state index contributed by atoms with van der Waals surface area (Å²) in [6.07, 6.45) is 1.85. The SMILES string of the molecule is Cc1ccccc1C=CP=O. The highest BCUT2D eigenvalue weighted by atomic mass is 31.1. The quantitative estimate of drug-likeness (QED) is 0.613. The Bertz CT molecular complexity index is 279. The van der Waals surface area contributed by atoms with E-state index in [4.69, 9.17) is 0 Å². The summed E-state index contributed by atoms with van der Waals surface area (Å²) in [4.78, 5) is 0. The summed E-state index contributed by atoms with van der Waals surface area (Å²) in [5.74, 6) is 1.60. The topological polar surface area (TPSA) is 17.1 Å². The van der Waals surface area contributed by atoms with E-state index in [1.54, 1.807) is 5.82 Å². The molecule has 11 heavy (non-hydrogen) atoms. The third-order valence-electron chi connectivity index (χ3n) is 1.50. The van der Waals surface area contributed by atoms with Crippen molar-refractivity contribution in [1.29, 1.82) is 0 Å². The first-order valence-electron chi connectivity index (χ1n) is 3.39. The first kappa shape index (κ1) is 8.16. The van der Waals surface area contributed by atoms with E-state index < -0.39 is 0 Å². The van der Waals surface area contributed by atoms with Gasteiger partial charge in [0, 0.05) is 5.82 Å². The molecule has 1 aromatic carbocycles. The lowest BCUT2D eigenvalue weighted by molar-refractivity contribution is 0.603. The van der Waals surface area contributed by atoms with Crippen LogP contribution in [0.3, 0.4) is 0 Å². The van der Waals surface area contributed by atoms with Crippen molar-refractivity contribution in [2.24, 2.45) is 0 Å². The van der Waals surface area contributed by atoms with E-state index in [1.807, 2.05) is 37.3 Å². The predicted molar refractivity (Wildman–Crippen MR) is 47.8 cm³/mol. The maximum atomic E-state index is 10.1. The lowest BCUT2D eigenvalue weighted by Gasteiger charge is -1.95. The molecular weight excluding hydrogens is 155 g/mol. The van der Waals surface area contributed by atoms with Gasteiger partial charge >= 0.3 is 0 Å². The number of hydrogen-bond acceptors (Lipinski definition) is 1. The van der Waals surface area contributed by atoms with Gasteiger partial charge < -0.3 is 0 Å². The van der Waals surface area contributed by atoms with Crippen molar-refractivity contribution in [1.82, 2.24) is 0 Å². The van der Waals surface area contributed by atoms with Crippen LogP contribution in [0, 0.1) is 6.92 Å². The highest BCUT2D eigenvalue weighted by Gasteiger charge is 1.88. The van der Waals surface area contributed by atoms with Crippen LogP contribution in [0.2, 0.25) is 0 Å². The van der Waals surface area contributed by atoms with Crippen LogP contribution >= 0.6 is 8.46 Å². The van der Waals surface area contributed by atoms with E-state index in [1.165, 1.54) is 5.56 Å².